The number of amides is 2. The first kappa shape index (κ1) is 18.7. The van der Waals surface area contributed by atoms with Gasteiger partial charge in [0.05, 0.1) is 30.8 Å². The standard InChI is InChI=1S/C20H28N6O2/c27-19(6-2-8-24-11-7-21-15-24)22-13-17-12-18-14-25(9-3-10-26(18)23-17)20(28)16-4-1-5-16/h7,11-12,15-16H,1-6,8-10,13-14H2,(H,22,27). The van der Waals surface area contributed by atoms with Gasteiger partial charge in [-0.1, -0.05) is 6.42 Å². The predicted molar refractivity (Wildman–Crippen MR) is 103 cm³/mol. The number of hydrogen-bond donors (Lipinski definition) is 1. The van der Waals surface area contributed by atoms with E-state index in [1.807, 2.05) is 26.4 Å². The third-order valence-corrected chi connectivity index (χ3v) is 5.68. The molecule has 1 aliphatic carbocycles. The van der Waals surface area contributed by atoms with Gasteiger partial charge in [0.15, 0.2) is 0 Å². The summed E-state index contributed by atoms with van der Waals surface area (Å²) in [5, 5.41) is 7.58. The molecule has 8 nitrogen and oxygen atoms in total. The summed E-state index contributed by atoms with van der Waals surface area (Å²) in [6, 6.07) is 2.03. The lowest BCUT2D eigenvalue weighted by Crippen LogP contribution is -2.38. The van der Waals surface area contributed by atoms with Crippen molar-refractivity contribution in [3.8, 4) is 0 Å². The molecule has 3 heterocycles. The molecule has 0 atom stereocenters. The van der Waals surface area contributed by atoms with Crippen LogP contribution in [0.4, 0.5) is 0 Å². The smallest absolute Gasteiger partial charge is 0.226 e. The number of nitrogens with one attached hydrogen (secondary N) is 1. The maximum absolute atomic E-state index is 12.6. The summed E-state index contributed by atoms with van der Waals surface area (Å²) in [5.41, 5.74) is 1.92. The summed E-state index contributed by atoms with van der Waals surface area (Å²) in [6.07, 6.45) is 10.8. The van der Waals surface area contributed by atoms with Gasteiger partial charge in [-0.2, -0.15) is 5.10 Å². The number of rotatable bonds is 7. The lowest BCUT2D eigenvalue weighted by molar-refractivity contribution is -0.138. The van der Waals surface area contributed by atoms with E-state index in [0.29, 0.717) is 25.4 Å². The van der Waals surface area contributed by atoms with Crippen molar-refractivity contribution >= 4 is 11.8 Å². The highest BCUT2D eigenvalue weighted by atomic mass is 16.2. The Morgan fingerprint density at radius 1 is 1.21 bits per heavy atom. The number of aromatic nitrogens is 4. The molecular formula is C20H28N6O2. The molecule has 2 amide bonds. The number of carbonyl (C=O) groups is 2. The molecule has 2 aromatic heterocycles. The van der Waals surface area contributed by atoms with Crippen molar-refractivity contribution in [1.29, 1.82) is 0 Å². The van der Waals surface area contributed by atoms with E-state index < -0.39 is 0 Å². The van der Waals surface area contributed by atoms with Crippen LogP contribution >= 0.6 is 0 Å². The van der Waals surface area contributed by atoms with Crippen molar-refractivity contribution in [3.05, 3.63) is 36.2 Å². The molecule has 1 aliphatic heterocycles. The summed E-state index contributed by atoms with van der Waals surface area (Å²) < 4.78 is 3.96. The molecule has 0 bridgehead atoms. The van der Waals surface area contributed by atoms with Crippen LogP contribution in [-0.4, -0.2) is 42.6 Å². The lowest BCUT2D eigenvalue weighted by Gasteiger charge is -2.30. The molecule has 28 heavy (non-hydrogen) atoms. The second-order valence-electron chi connectivity index (χ2n) is 7.77. The van der Waals surface area contributed by atoms with Gasteiger partial charge < -0.3 is 14.8 Å². The van der Waals surface area contributed by atoms with Gasteiger partial charge in [-0.15, -0.1) is 0 Å². The van der Waals surface area contributed by atoms with Gasteiger partial charge in [-0.05, 0) is 31.7 Å². The number of nitrogens with zero attached hydrogens (tertiary/aromatic N) is 5. The molecule has 2 aliphatic rings. The van der Waals surface area contributed by atoms with Crippen LogP contribution in [0, 0.1) is 5.92 Å². The van der Waals surface area contributed by atoms with Crippen molar-refractivity contribution in [1.82, 2.24) is 29.5 Å². The fraction of sp³-hybridized carbons (Fsp3) is 0.600. The molecule has 8 heteroatoms. The third kappa shape index (κ3) is 4.43. The maximum atomic E-state index is 12.6. The Labute approximate surface area is 164 Å². The Balaban J connectivity index is 1.26. The van der Waals surface area contributed by atoms with Gasteiger partial charge in [-0.25, -0.2) is 4.98 Å². The summed E-state index contributed by atoms with van der Waals surface area (Å²) >= 11 is 0. The Bertz CT molecular complexity index is 809. The Morgan fingerprint density at radius 3 is 2.86 bits per heavy atom. The molecule has 1 saturated carbocycles. The van der Waals surface area contributed by atoms with E-state index >= 15 is 0 Å². The largest absolute Gasteiger partial charge is 0.350 e. The SMILES string of the molecule is O=C(CCCn1ccnc1)NCc1cc2n(n1)CCCN(C(=O)C1CCC1)C2. The van der Waals surface area contributed by atoms with E-state index in [2.05, 4.69) is 15.4 Å². The van der Waals surface area contributed by atoms with Crippen LogP contribution in [-0.2, 0) is 35.8 Å². The molecule has 0 saturated heterocycles. The summed E-state index contributed by atoms with van der Waals surface area (Å²) in [7, 11) is 0. The van der Waals surface area contributed by atoms with Crippen LogP contribution in [0.25, 0.3) is 0 Å². The maximum Gasteiger partial charge on any atom is 0.226 e. The monoisotopic (exact) mass is 384 g/mol. The summed E-state index contributed by atoms with van der Waals surface area (Å²) in [5.74, 6) is 0.564. The highest BCUT2D eigenvalue weighted by Gasteiger charge is 2.30. The predicted octanol–water partition coefficient (Wildman–Crippen LogP) is 1.71. The van der Waals surface area contributed by atoms with Crippen LogP contribution in [0.15, 0.2) is 24.8 Å². The second-order valence-corrected chi connectivity index (χ2v) is 7.77. The molecule has 4 rings (SSSR count). The van der Waals surface area contributed by atoms with Gasteiger partial charge in [0.2, 0.25) is 11.8 Å². The number of fused-ring (bicyclic) bond motifs is 1. The van der Waals surface area contributed by atoms with Gasteiger partial charge in [0.1, 0.15) is 0 Å². The molecule has 0 radical (unpaired) electrons. The minimum atomic E-state index is 0.0325. The molecule has 2 aromatic rings. The van der Waals surface area contributed by atoms with E-state index in [0.717, 1.165) is 56.7 Å². The molecule has 1 fully saturated rings. The highest BCUT2D eigenvalue weighted by Crippen LogP contribution is 2.29. The van der Waals surface area contributed by atoms with E-state index in [1.165, 1.54) is 6.42 Å². The molecule has 1 N–H and O–H groups in total. The minimum Gasteiger partial charge on any atom is -0.350 e. The van der Waals surface area contributed by atoms with Crippen molar-refractivity contribution in [2.75, 3.05) is 6.54 Å². The van der Waals surface area contributed by atoms with Crippen molar-refractivity contribution in [2.24, 2.45) is 5.92 Å². The average molecular weight is 384 g/mol. The Kier molecular flexibility index (Phi) is 5.73. The first-order valence-corrected chi connectivity index (χ1v) is 10.3. The number of carbonyl (C=O) groups excluding carboxylic acids is 2. The molecule has 150 valence electrons. The Morgan fingerprint density at radius 2 is 2.11 bits per heavy atom. The first-order valence-electron chi connectivity index (χ1n) is 10.3. The summed E-state index contributed by atoms with van der Waals surface area (Å²) in [4.78, 5) is 30.6. The van der Waals surface area contributed by atoms with Gasteiger partial charge >= 0.3 is 0 Å². The van der Waals surface area contributed by atoms with E-state index in [-0.39, 0.29) is 11.8 Å². The lowest BCUT2D eigenvalue weighted by atomic mass is 9.84. The van der Waals surface area contributed by atoms with Crippen LogP contribution < -0.4 is 5.32 Å². The van der Waals surface area contributed by atoms with Crippen molar-refractivity contribution in [3.63, 3.8) is 0 Å². The van der Waals surface area contributed by atoms with Crippen molar-refractivity contribution < 1.29 is 9.59 Å². The average Bonchev–Trinajstić information content (AvgIpc) is 3.24. The highest BCUT2D eigenvalue weighted by molar-refractivity contribution is 5.79. The van der Waals surface area contributed by atoms with Gasteiger partial charge in [-0.3, -0.25) is 14.3 Å². The molecule has 0 spiro atoms. The molecule has 0 aromatic carbocycles. The Hall–Kier alpha value is -2.64. The quantitative estimate of drug-likeness (QED) is 0.788. The topological polar surface area (TPSA) is 85.1 Å². The zero-order valence-corrected chi connectivity index (χ0v) is 16.2. The van der Waals surface area contributed by atoms with Crippen LogP contribution in [0.3, 0.4) is 0 Å². The second kappa shape index (κ2) is 8.58. The molecule has 0 unspecified atom stereocenters. The summed E-state index contributed by atoms with van der Waals surface area (Å²) in [6.45, 7) is 3.48. The number of hydrogen-bond acceptors (Lipinski definition) is 4. The van der Waals surface area contributed by atoms with Crippen LogP contribution in [0.2, 0.25) is 0 Å². The zero-order chi connectivity index (χ0) is 19.3. The normalized spacial score (nSPS) is 16.9. The van der Waals surface area contributed by atoms with E-state index in [9.17, 15) is 9.59 Å². The van der Waals surface area contributed by atoms with E-state index in [1.54, 1.807) is 12.5 Å². The third-order valence-electron chi connectivity index (χ3n) is 5.68. The van der Waals surface area contributed by atoms with Crippen molar-refractivity contribution in [2.45, 2.75) is 64.7 Å². The van der Waals surface area contributed by atoms with E-state index in [4.69, 9.17) is 0 Å². The number of imidazole rings is 1. The first-order chi connectivity index (χ1) is 13.7. The van der Waals surface area contributed by atoms with Gasteiger partial charge in [0.25, 0.3) is 0 Å². The van der Waals surface area contributed by atoms with Crippen LogP contribution in [0.1, 0.15) is 49.9 Å². The van der Waals surface area contributed by atoms with Gasteiger partial charge in [0, 0.05) is 44.4 Å². The zero-order valence-electron chi connectivity index (χ0n) is 16.2. The molecular weight excluding hydrogens is 356 g/mol. The van der Waals surface area contributed by atoms with Crippen LogP contribution in [0.5, 0.6) is 0 Å². The fourth-order valence-corrected chi connectivity index (χ4v) is 3.83. The number of aryl methyl sites for hydroxylation is 2. The minimum absolute atomic E-state index is 0.0325. The fourth-order valence-electron chi connectivity index (χ4n) is 3.83.